The second kappa shape index (κ2) is 9.15. The number of benzene rings is 3. The van der Waals surface area contributed by atoms with Crippen LogP contribution in [0.2, 0.25) is 0 Å². The molecule has 0 aliphatic heterocycles. The number of carbonyl (C=O) groups is 2. The fourth-order valence-electron chi connectivity index (χ4n) is 2.49. The Kier molecular flexibility index (Phi) is 6.40. The van der Waals surface area contributed by atoms with Gasteiger partial charge in [0.15, 0.2) is 17.3 Å². The van der Waals surface area contributed by atoms with Crippen molar-refractivity contribution >= 4 is 33.8 Å². The molecule has 0 fully saturated rings. The van der Waals surface area contributed by atoms with Gasteiger partial charge in [0.2, 0.25) is 0 Å². The van der Waals surface area contributed by atoms with Gasteiger partial charge in [-0.25, -0.2) is 4.79 Å². The smallest absolute Gasteiger partial charge is 0.343 e. The lowest BCUT2D eigenvalue weighted by Gasteiger charge is -2.10. The number of carbonyl (C=O) groups excluding carboxylic acids is 2. The van der Waals surface area contributed by atoms with Crippen LogP contribution in [0.15, 0.2) is 83.3 Å². The molecule has 0 saturated carbocycles. The summed E-state index contributed by atoms with van der Waals surface area (Å²) in [6, 6.07) is 21.0. The summed E-state index contributed by atoms with van der Waals surface area (Å²) in [5.41, 5.74) is 1.80. The summed E-state index contributed by atoms with van der Waals surface area (Å²) in [4.78, 5) is 24.5. The van der Waals surface area contributed by atoms with Crippen LogP contribution in [-0.2, 0) is 0 Å². The SMILES string of the molecule is COc1cc(C=CC(=O)c2ccc(Br)cc2)ccc1OC(=O)c1ccccc1. The van der Waals surface area contributed by atoms with Crippen molar-refractivity contribution in [1.29, 1.82) is 0 Å². The molecule has 4 nitrogen and oxygen atoms in total. The number of hydrogen-bond acceptors (Lipinski definition) is 4. The third-order valence-electron chi connectivity index (χ3n) is 3.96. The molecule has 3 aromatic carbocycles. The Morgan fingerprint density at radius 3 is 2.25 bits per heavy atom. The molecule has 0 aromatic heterocycles. The van der Waals surface area contributed by atoms with Gasteiger partial charge in [0, 0.05) is 10.0 Å². The van der Waals surface area contributed by atoms with Crippen molar-refractivity contribution in [2.45, 2.75) is 0 Å². The number of ether oxygens (including phenoxy) is 2. The maximum atomic E-state index is 12.3. The highest BCUT2D eigenvalue weighted by atomic mass is 79.9. The van der Waals surface area contributed by atoms with Crippen molar-refractivity contribution in [3.05, 3.63) is 100 Å². The number of methoxy groups -OCH3 is 1. The lowest BCUT2D eigenvalue weighted by atomic mass is 10.1. The average molecular weight is 437 g/mol. The standard InChI is InChI=1S/C23H17BrO4/c1-27-22-15-16(7-13-20(25)17-9-11-19(24)12-10-17)8-14-21(22)28-23(26)18-5-3-2-4-6-18/h2-15H,1H3. The first kappa shape index (κ1) is 19.6. The monoisotopic (exact) mass is 436 g/mol. The molecule has 0 heterocycles. The summed E-state index contributed by atoms with van der Waals surface area (Å²) in [7, 11) is 1.50. The summed E-state index contributed by atoms with van der Waals surface area (Å²) in [5.74, 6) is 0.147. The molecule has 0 saturated heterocycles. The lowest BCUT2D eigenvalue weighted by molar-refractivity contribution is 0.0729. The number of hydrogen-bond donors (Lipinski definition) is 0. The van der Waals surface area contributed by atoms with E-state index in [1.54, 1.807) is 60.7 Å². The molecule has 0 aliphatic carbocycles. The van der Waals surface area contributed by atoms with Crippen LogP contribution in [0.4, 0.5) is 0 Å². The van der Waals surface area contributed by atoms with Gasteiger partial charge in [-0.05, 0) is 60.2 Å². The fourth-order valence-corrected chi connectivity index (χ4v) is 2.75. The van der Waals surface area contributed by atoms with E-state index in [2.05, 4.69) is 15.9 Å². The zero-order valence-electron chi connectivity index (χ0n) is 15.1. The number of halogens is 1. The van der Waals surface area contributed by atoms with Gasteiger partial charge in [-0.2, -0.15) is 0 Å². The molecule has 5 heteroatoms. The third-order valence-corrected chi connectivity index (χ3v) is 4.48. The third kappa shape index (κ3) is 4.96. The maximum absolute atomic E-state index is 12.3. The average Bonchev–Trinajstić information content (AvgIpc) is 2.73. The van der Waals surface area contributed by atoms with Crippen LogP contribution >= 0.6 is 15.9 Å². The highest BCUT2D eigenvalue weighted by Gasteiger charge is 2.12. The van der Waals surface area contributed by atoms with E-state index in [1.807, 2.05) is 18.2 Å². The molecule has 0 N–H and O–H groups in total. The Hall–Kier alpha value is -3.18. The van der Waals surface area contributed by atoms with Gasteiger partial charge in [0.25, 0.3) is 0 Å². The van der Waals surface area contributed by atoms with E-state index in [1.165, 1.54) is 13.2 Å². The summed E-state index contributed by atoms with van der Waals surface area (Å²) >= 11 is 3.35. The summed E-state index contributed by atoms with van der Waals surface area (Å²) in [6.07, 6.45) is 3.18. The molecule has 0 unspecified atom stereocenters. The number of esters is 1. The van der Waals surface area contributed by atoms with Crippen molar-refractivity contribution < 1.29 is 19.1 Å². The molecule has 0 spiro atoms. The second-order valence-electron chi connectivity index (χ2n) is 5.87. The van der Waals surface area contributed by atoms with Gasteiger partial charge in [-0.15, -0.1) is 0 Å². The minimum absolute atomic E-state index is 0.106. The Labute approximate surface area is 171 Å². The molecular weight excluding hydrogens is 420 g/mol. The van der Waals surface area contributed by atoms with Crippen molar-refractivity contribution in [1.82, 2.24) is 0 Å². The molecule has 0 bridgehead atoms. The summed E-state index contributed by atoms with van der Waals surface area (Å²) < 4.78 is 11.7. The normalized spacial score (nSPS) is 10.6. The van der Waals surface area contributed by atoms with Crippen molar-refractivity contribution in [2.75, 3.05) is 7.11 Å². The fraction of sp³-hybridized carbons (Fsp3) is 0.0435. The maximum Gasteiger partial charge on any atom is 0.343 e. The Morgan fingerprint density at radius 1 is 0.857 bits per heavy atom. The quantitative estimate of drug-likeness (QED) is 0.219. The first-order valence-corrected chi connectivity index (χ1v) is 9.29. The zero-order valence-corrected chi connectivity index (χ0v) is 16.7. The van der Waals surface area contributed by atoms with E-state index in [0.29, 0.717) is 22.6 Å². The van der Waals surface area contributed by atoms with E-state index in [0.717, 1.165) is 10.0 Å². The van der Waals surface area contributed by atoms with E-state index in [4.69, 9.17) is 9.47 Å². The number of ketones is 1. The molecule has 0 radical (unpaired) electrons. The predicted molar refractivity (Wildman–Crippen MR) is 112 cm³/mol. The molecule has 0 atom stereocenters. The first-order valence-electron chi connectivity index (χ1n) is 8.50. The molecule has 140 valence electrons. The van der Waals surface area contributed by atoms with Gasteiger partial charge >= 0.3 is 5.97 Å². The molecule has 28 heavy (non-hydrogen) atoms. The molecular formula is C23H17BrO4. The summed E-state index contributed by atoms with van der Waals surface area (Å²) in [5, 5.41) is 0. The van der Waals surface area contributed by atoms with Gasteiger partial charge in [0.05, 0.1) is 12.7 Å². The highest BCUT2D eigenvalue weighted by Crippen LogP contribution is 2.29. The zero-order chi connectivity index (χ0) is 19.9. The van der Waals surface area contributed by atoms with Gasteiger partial charge in [-0.3, -0.25) is 4.79 Å². The van der Waals surface area contributed by atoms with Crippen LogP contribution in [0.3, 0.4) is 0 Å². The summed E-state index contributed by atoms with van der Waals surface area (Å²) in [6.45, 7) is 0. The topological polar surface area (TPSA) is 52.6 Å². The van der Waals surface area contributed by atoms with Crippen LogP contribution in [0.25, 0.3) is 6.08 Å². The van der Waals surface area contributed by atoms with Gasteiger partial charge in [-0.1, -0.05) is 46.3 Å². The van der Waals surface area contributed by atoms with E-state index in [9.17, 15) is 9.59 Å². The molecule has 3 aromatic rings. The van der Waals surface area contributed by atoms with Crippen LogP contribution in [0, 0.1) is 0 Å². The van der Waals surface area contributed by atoms with Crippen molar-refractivity contribution in [3.8, 4) is 11.5 Å². The van der Waals surface area contributed by atoms with Crippen LogP contribution < -0.4 is 9.47 Å². The highest BCUT2D eigenvalue weighted by molar-refractivity contribution is 9.10. The van der Waals surface area contributed by atoms with E-state index in [-0.39, 0.29) is 5.78 Å². The van der Waals surface area contributed by atoms with Crippen LogP contribution in [0.1, 0.15) is 26.3 Å². The van der Waals surface area contributed by atoms with Gasteiger partial charge < -0.3 is 9.47 Å². The Morgan fingerprint density at radius 2 is 1.57 bits per heavy atom. The minimum Gasteiger partial charge on any atom is -0.493 e. The minimum atomic E-state index is -0.465. The number of allylic oxidation sites excluding steroid dienone is 1. The number of rotatable bonds is 6. The molecule has 0 amide bonds. The predicted octanol–water partition coefficient (Wildman–Crippen LogP) is 5.57. The second-order valence-corrected chi connectivity index (χ2v) is 6.79. The van der Waals surface area contributed by atoms with E-state index >= 15 is 0 Å². The van der Waals surface area contributed by atoms with Crippen molar-refractivity contribution in [3.63, 3.8) is 0 Å². The van der Waals surface area contributed by atoms with Crippen LogP contribution in [-0.4, -0.2) is 18.9 Å². The largest absolute Gasteiger partial charge is 0.493 e. The van der Waals surface area contributed by atoms with E-state index < -0.39 is 5.97 Å². The Bertz CT molecular complexity index is 1010. The van der Waals surface area contributed by atoms with Crippen LogP contribution in [0.5, 0.6) is 11.5 Å². The Balaban J connectivity index is 1.74. The molecule has 0 aliphatic rings. The first-order chi connectivity index (χ1) is 13.6. The lowest BCUT2D eigenvalue weighted by Crippen LogP contribution is -2.09. The molecule has 3 rings (SSSR count). The van der Waals surface area contributed by atoms with Gasteiger partial charge in [0.1, 0.15) is 0 Å². The van der Waals surface area contributed by atoms with Crippen molar-refractivity contribution in [2.24, 2.45) is 0 Å².